The van der Waals surface area contributed by atoms with E-state index in [2.05, 4.69) is 4.90 Å². The second-order valence-corrected chi connectivity index (χ2v) is 8.79. The zero-order chi connectivity index (χ0) is 22.1. The van der Waals surface area contributed by atoms with E-state index < -0.39 is 0 Å². The Bertz CT molecular complexity index is 1150. The number of morpholine rings is 1. The van der Waals surface area contributed by atoms with E-state index in [0.29, 0.717) is 64.8 Å². The summed E-state index contributed by atoms with van der Waals surface area (Å²) in [6, 6.07) is 8.79. The van der Waals surface area contributed by atoms with Gasteiger partial charge in [0.05, 0.1) is 30.0 Å². The van der Waals surface area contributed by atoms with E-state index in [4.69, 9.17) is 35.5 Å². The Morgan fingerprint density at radius 1 is 1.21 bits per heavy atom. The number of carbonyl (C=O) groups is 1. The van der Waals surface area contributed by atoms with Crippen LogP contribution in [0.1, 0.15) is 10.4 Å². The van der Waals surface area contributed by atoms with Crippen LogP contribution in [-0.4, -0.2) is 69.1 Å². The highest BCUT2D eigenvalue weighted by Gasteiger charge is 2.26. The number of aromatic nitrogens is 1. The minimum atomic E-state index is -0.161. The van der Waals surface area contributed by atoms with Crippen molar-refractivity contribution in [2.45, 2.75) is 0 Å². The highest BCUT2D eigenvalue weighted by Crippen LogP contribution is 2.39. The van der Waals surface area contributed by atoms with Gasteiger partial charge in [-0.2, -0.15) is 0 Å². The second-order valence-electron chi connectivity index (χ2n) is 7.40. The molecule has 0 unspecified atom stereocenters. The fourth-order valence-corrected chi connectivity index (χ4v) is 5.04. The van der Waals surface area contributed by atoms with E-state index in [9.17, 15) is 4.79 Å². The van der Waals surface area contributed by atoms with Gasteiger partial charge in [0.25, 0.3) is 5.91 Å². The van der Waals surface area contributed by atoms with E-state index in [1.807, 2.05) is 0 Å². The molecule has 8 nitrogen and oxygen atoms in total. The van der Waals surface area contributed by atoms with Gasteiger partial charge in [-0.1, -0.05) is 22.9 Å². The fraction of sp³-hybridized carbons (Fsp3) is 0.364. The molecule has 0 radical (unpaired) electrons. The fourth-order valence-electron chi connectivity index (χ4n) is 3.76. The molecular weight excluding hydrogens is 489 g/mol. The summed E-state index contributed by atoms with van der Waals surface area (Å²) < 4.78 is 22.5. The lowest BCUT2D eigenvalue weighted by Gasteiger charge is -2.29. The van der Waals surface area contributed by atoms with Gasteiger partial charge in [-0.3, -0.25) is 14.6 Å². The van der Waals surface area contributed by atoms with Crippen molar-refractivity contribution in [1.82, 2.24) is 9.88 Å². The molecule has 1 fully saturated rings. The van der Waals surface area contributed by atoms with Crippen LogP contribution in [0, 0.1) is 0 Å². The maximum atomic E-state index is 13.6. The van der Waals surface area contributed by atoms with Crippen molar-refractivity contribution < 1.29 is 23.7 Å². The van der Waals surface area contributed by atoms with Crippen molar-refractivity contribution in [3.05, 3.63) is 40.9 Å². The Labute approximate surface area is 206 Å². The highest BCUT2D eigenvalue weighted by atomic mass is 35.5. The summed E-state index contributed by atoms with van der Waals surface area (Å²) >= 11 is 7.80. The molecule has 1 saturated heterocycles. The minimum absolute atomic E-state index is 0. The maximum Gasteiger partial charge on any atom is 0.260 e. The predicted octanol–water partition coefficient (Wildman–Crippen LogP) is 4.09. The SMILES string of the molecule is COc1ccc(Cl)c2sc(N(CCN3CCOCC3)C(=O)c3ccc4c(c3)OCO4)nc12.Cl. The Morgan fingerprint density at radius 3 is 2.79 bits per heavy atom. The average molecular weight is 512 g/mol. The van der Waals surface area contributed by atoms with Crippen LogP contribution in [0.5, 0.6) is 17.2 Å². The Hall–Kier alpha value is -2.30. The number of thiazole rings is 1. The third kappa shape index (κ3) is 4.83. The van der Waals surface area contributed by atoms with Gasteiger partial charge in [0.2, 0.25) is 6.79 Å². The average Bonchev–Trinajstić information content (AvgIpc) is 3.47. The number of rotatable bonds is 6. The number of fused-ring (bicyclic) bond motifs is 2. The van der Waals surface area contributed by atoms with Gasteiger partial charge in [-0.25, -0.2) is 4.98 Å². The zero-order valence-electron chi connectivity index (χ0n) is 17.9. The Morgan fingerprint density at radius 2 is 2.00 bits per heavy atom. The van der Waals surface area contributed by atoms with Gasteiger partial charge in [0.15, 0.2) is 16.6 Å². The number of hydrogen-bond donors (Lipinski definition) is 0. The summed E-state index contributed by atoms with van der Waals surface area (Å²) in [5.41, 5.74) is 1.16. The minimum Gasteiger partial charge on any atom is -0.494 e. The molecule has 3 heterocycles. The maximum absolute atomic E-state index is 13.6. The van der Waals surface area contributed by atoms with Crippen LogP contribution in [0.3, 0.4) is 0 Å². The third-order valence-electron chi connectivity index (χ3n) is 5.51. The number of carbonyl (C=O) groups excluding carboxylic acids is 1. The number of hydrogen-bond acceptors (Lipinski definition) is 8. The number of benzene rings is 2. The standard InChI is InChI=1S/C22H22ClN3O5S.ClH/c1-28-17-5-3-15(23)20-19(17)24-22(32-20)26(7-6-25-8-10-29-11-9-25)21(27)14-2-4-16-18(12-14)31-13-30-16;/h2-5,12H,6-11,13H2,1H3;1H. The molecule has 11 heteroatoms. The van der Waals surface area contributed by atoms with Crippen molar-refractivity contribution in [3.63, 3.8) is 0 Å². The molecule has 0 saturated carbocycles. The van der Waals surface area contributed by atoms with E-state index in [1.165, 1.54) is 11.3 Å². The summed E-state index contributed by atoms with van der Waals surface area (Å²) in [5.74, 6) is 1.66. The van der Waals surface area contributed by atoms with Crippen LogP contribution in [0.15, 0.2) is 30.3 Å². The molecule has 0 aliphatic carbocycles. The molecule has 2 aliphatic heterocycles. The number of anilines is 1. The first kappa shape index (κ1) is 23.8. The molecule has 33 heavy (non-hydrogen) atoms. The molecule has 1 amide bonds. The van der Waals surface area contributed by atoms with Crippen LogP contribution in [0.4, 0.5) is 5.13 Å². The molecule has 0 N–H and O–H groups in total. The first-order valence-corrected chi connectivity index (χ1v) is 11.5. The topological polar surface area (TPSA) is 73.4 Å². The lowest BCUT2D eigenvalue weighted by Crippen LogP contribution is -2.43. The number of methoxy groups -OCH3 is 1. The van der Waals surface area contributed by atoms with Gasteiger partial charge >= 0.3 is 0 Å². The van der Waals surface area contributed by atoms with E-state index in [-0.39, 0.29) is 25.1 Å². The number of halogens is 2. The van der Waals surface area contributed by atoms with E-state index in [1.54, 1.807) is 42.3 Å². The van der Waals surface area contributed by atoms with Crippen molar-refractivity contribution >= 4 is 56.6 Å². The highest BCUT2D eigenvalue weighted by molar-refractivity contribution is 7.23. The Balaban J connectivity index is 0.00000259. The molecule has 0 spiro atoms. The van der Waals surface area contributed by atoms with Gasteiger partial charge < -0.3 is 18.9 Å². The molecule has 0 atom stereocenters. The molecule has 3 aromatic rings. The molecule has 2 aromatic carbocycles. The van der Waals surface area contributed by atoms with Crippen LogP contribution < -0.4 is 19.1 Å². The lowest BCUT2D eigenvalue weighted by atomic mass is 10.1. The van der Waals surface area contributed by atoms with Crippen LogP contribution in [-0.2, 0) is 4.74 Å². The molecule has 1 aromatic heterocycles. The van der Waals surface area contributed by atoms with Gasteiger partial charge in [-0.15, -0.1) is 12.4 Å². The lowest BCUT2D eigenvalue weighted by molar-refractivity contribution is 0.0391. The van der Waals surface area contributed by atoms with Gasteiger partial charge in [0.1, 0.15) is 11.3 Å². The largest absolute Gasteiger partial charge is 0.494 e. The van der Waals surface area contributed by atoms with E-state index >= 15 is 0 Å². The molecular formula is C22H23Cl2N3O5S. The van der Waals surface area contributed by atoms with Crippen molar-refractivity contribution in [1.29, 1.82) is 0 Å². The predicted molar refractivity (Wildman–Crippen MR) is 130 cm³/mol. The van der Waals surface area contributed by atoms with Crippen LogP contribution >= 0.6 is 35.3 Å². The summed E-state index contributed by atoms with van der Waals surface area (Å²) in [5, 5.41) is 1.15. The molecule has 0 bridgehead atoms. The normalized spacial score (nSPS) is 15.3. The quantitative estimate of drug-likeness (QED) is 0.493. The summed E-state index contributed by atoms with van der Waals surface area (Å²) in [4.78, 5) is 22.3. The molecule has 176 valence electrons. The van der Waals surface area contributed by atoms with Crippen LogP contribution in [0.25, 0.3) is 10.2 Å². The number of ether oxygens (including phenoxy) is 4. The first-order valence-electron chi connectivity index (χ1n) is 10.3. The molecule has 2 aliphatic rings. The van der Waals surface area contributed by atoms with Crippen LogP contribution in [0.2, 0.25) is 5.02 Å². The zero-order valence-corrected chi connectivity index (χ0v) is 20.3. The third-order valence-corrected chi connectivity index (χ3v) is 7.04. The first-order chi connectivity index (χ1) is 15.6. The smallest absolute Gasteiger partial charge is 0.260 e. The second kappa shape index (κ2) is 10.3. The van der Waals surface area contributed by atoms with Crippen molar-refractivity contribution in [3.8, 4) is 17.2 Å². The van der Waals surface area contributed by atoms with Crippen molar-refractivity contribution in [2.24, 2.45) is 0 Å². The summed E-state index contributed by atoms with van der Waals surface area (Å²) in [6.45, 7) is 4.42. The van der Waals surface area contributed by atoms with Gasteiger partial charge in [-0.05, 0) is 30.3 Å². The Kier molecular flexibility index (Phi) is 7.45. The monoisotopic (exact) mass is 511 g/mol. The summed E-state index contributed by atoms with van der Waals surface area (Å²) in [7, 11) is 1.59. The summed E-state index contributed by atoms with van der Waals surface area (Å²) in [6.07, 6.45) is 0. The number of amides is 1. The van der Waals surface area contributed by atoms with Crippen molar-refractivity contribution in [2.75, 3.05) is 58.2 Å². The number of nitrogens with zero attached hydrogens (tertiary/aromatic N) is 3. The van der Waals surface area contributed by atoms with Gasteiger partial charge in [0, 0.05) is 31.7 Å². The molecule has 5 rings (SSSR count). The van der Waals surface area contributed by atoms with E-state index in [0.717, 1.165) is 17.8 Å².